The van der Waals surface area contributed by atoms with Crippen molar-refractivity contribution in [3.8, 4) is 0 Å². The summed E-state index contributed by atoms with van der Waals surface area (Å²) in [7, 11) is 0. The maximum Gasteiger partial charge on any atom is 0.220 e. The fraction of sp³-hybridized carbons (Fsp3) is 0.375. The van der Waals surface area contributed by atoms with Crippen LogP contribution in [0.2, 0.25) is 5.02 Å². The van der Waals surface area contributed by atoms with Crippen molar-refractivity contribution in [3.63, 3.8) is 0 Å². The summed E-state index contributed by atoms with van der Waals surface area (Å²) < 4.78 is 0. The number of halogens is 1. The Balaban J connectivity index is 1.67. The molecule has 0 aliphatic carbocycles. The van der Waals surface area contributed by atoms with Crippen LogP contribution in [-0.2, 0) is 23.4 Å². The maximum atomic E-state index is 11.8. The molecule has 0 bridgehead atoms. The van der Waals surface area contributed by atoms with Gasteiger partial charge in [-0.2, -0.15) is 11.8 Å². The first-order valence-corrected chi connectivity index (χ1v) is 9.76. The molecule has 0 fully saturated rings. The number of nitrogens with one attached hydrogen (secondary N) is 1. The molecule has 6 heteroatoms. The Morgan fingerprint density at radius 1 is 1.41 bits per heavy atom. The third kappa shape index (κ3) is 5.99. The number of thiazole rings is 1. The van der Waals surface area contributed by atoms with E-state index in [1.54, 1.807) is 23.1 Å². The van der Waals surface area contributed by atoms with Gasteiger partial charge in [-0.05, 0) is 30.4 Å². The molecule has 22 heavy (non-hydrogen) atoms. The highest BCUT2D eigenvalue weighted by Gasteiger charge is 2.05. The summed E-state index contributed by atoms with van der Waals surface area (Å²) in [4.78, 5) is 16.4. The van der Waals surface area contributed by atoms with Crippen LogP contribution in [0.3, 0.4) is 0 Å². The van der Waals surface area contributed by atoms with Gasteiger partial charge in [0.1, 0.15) is 5.01 Å². The summed E-state index contributed by atoms with van der Waals surface area (Å²) in [5.74, 6) is 1.02. The molecule has 0 saturated heterocycles. The van der Waals surface area contributed by atoms with E-state index in [0.717, 1.165) is 28.4 Å². The Morgan fingerprint density at radius 3 is 3.05 bits per heavy atom. The molecule has 1 heterocycles. The lowest BCUT2D eigenvalue weighted by atomic mass is 10.1. The number of aromatic nitrogens is 1. The summed E-state index contributed by atoms with van der Waals surface area (Å²) in [6.45, 7) is 0.636. The van der Waals surface area contributed by atoms with Gasteiger partial charge >= 0.3 is 0 Å². The lowest BCUT2D eigenvalue weighted by Gasteiger charge is -2.04. The zero-order chi connectivity index (χ0) is 15.8. The number of carbonyl (C=O) groups excluding carboxylic acids is 1. The highest BCUT2D eigenvalue weighted by Crippen LogP contribution is 2.15. The van der Waals surface area contributed by atoms with Crippen LogP contribution in [0.25, 0.3) is 0 Å². The number of hydrogen-bond acceptors (Lipinski definition) is 4. The van der Waals surface area contributed by atoms with Gasteiger partial charge in [0, 0.05) is 35.5 Å². The smallest absolute Gasteiger partial charge is 0.220 e. The summed E-state index contributed by atoms with van der Waals surface area (Å²) in [5.41, 5.74) is 2.15. The monoisotopic (exact) mass is 354 g/mol. The Bertz CT molecular complexity index is 616. The first kappa shape index (κ1) is 17.3. The number of benzene rings is 1. The van der Waals surface area contributed by atoms with Crippen molar-refractivity contribution in [1.82, 2.24) is 10.3 Å². The van der Waals surface area contributed by atoms with Gasteiger partial charge in [-0.3, -0.25) is 4.79 Å². The normalized spacial score (nSPS) is 10.6. The van der Waals surface area contributed by atoms with Gasteiger partial charge in [0.25, 0.3) is 0 Å². The lowest BCUT2D eigenvalue weighted by Crippen LogP contribution is -2.25. The van der Waals surface area contributed by atoms with Crippen LogP contribution in [0, 0.1) is 0 Å². The van der Waals surface area contributed by atoms with E-state index in [9.17, 15) is 4.79 Å². The molecule has 2 rings (SSSR count). The van der Waals surface area contributed by atoms with Crippen LogP contribution < -0.4 is 5.32 Å². The second kappa shape index (κ2) is 9.18. The summed E-state index contributed by atoms with van der Waals surface area (Å²) in [6.07, 6.45) is 4.05. The Kier molecular flexibility index (Phi) is 7.22. The third-order valence-corrected chi connectivity index (χ3v) is 4.98. The highest BCUT2D eigenvalue weighted by molar-refractivity contribution is 7.97. The standard InChI is InChI=1S/C16H19ClN2OS2/c1-21-11-16-19-14(10-22-16)7-8-18-15(20)6-5-12-3-2-4-13(17)9-12/h2-4,9-10H,5-8,11H2,1H3,(H,18,20). The quantitative estimate of drug-likeness (QED) is 0.780. The van der Waals surface area contributed by atoms with Crippen LogP contribution >= 0.6 is 34.7 Å². The predicted molar refractivity (Wildman–Crippen MR) is 95.8 cm³/mol. The molecule has 1 amide bonds. The van der Waals surface area contributed by atoms with E-state index in [1.165, 1.54) is 0 Å². The third-order valence-electron chi connectivity index (χ3n) is 3.10. The minimum absolute atomic E-state index is 0.0690. The Hall–Kier alpha value is -1.04. The van der Waals surface area contributed by atoms with Crippen LogP contribution in [0.4, 0.5) is 0 Å². The molecule has 0 atom stereocenters. The molecule has 0 aliphatic rings. The van der Waals surface area contributed by atoms with Crippen molar-refractivity contribution in [1.29, 1.82) is 0 Å². The van der Waals surface area contributed by atoms with Crippen molar-refractivity contribution >= 4 is 40.6 Å². The topological polar surface area (TPSA) is 42.0 Å². The SMILES string of the molecule is CSCc1nc(CCNC(=O)CCc2cccc(Cl)c2)cs1. The summed E-state index contributed by atoms with van der Waals surface area (Å²) in [6, 6.07) is 7.63. The minimum atomic E-state index is 0.0690. The molecule has 2 aromatic rings. The molecule has 0 radical (unpaired) electrons. The van der Waals surface area contributed by atoms with Gasteiger partial charge in [-0.25, -0.2) is 4.98 Å². The van der Waals surface area contributed by atoms with Gasteiger partial charge in [-0.15, -0.1) is 11.3 Å². The number of rotatable bonds is 8. The van der Waals surface area contributed by atoms with E-state index >= 15 is 0 Å². The molecule has 1 N–H and O–H groups in total. The summed E-state index contributed by atoms with van der Waals surface area (Å²) in [5, 5.41) is 6.88. The van der Waals surface area contributed by atoms with Crippen molar-refractivity contribution in [3.05, 3.63) is 50.9 Å². The van der Waals surface area contributed by atoms with E-state index in [2.05, 4.69) is 21.9 Å². The number of hydrogen-bond donors (Lipinski definition) is 1. The molecule has 0 unspecified atom stereocenters. The zero-order valence-corrected chi connectivity index (χ0v) is 14.9. The largest absolute Gasteiger partial charge is 0.356 e. The Labute approximate surface area is 144 Å². The van der Waals surface area contributed by atoms with E-state index < -0.39 is 0 Å². The van der Waals surface area contributed by atoms with Crippen molar-refractivity contribution in [2.75, 3.05) is 12.8 Å². The molecule has 0 spiro atoms. The van der Waals surface area contributed by atoms with Crippen LogP contribution in [0.1, 0.15) is 22.7 Å². The molecular weight excluding hydrogens is 336 g/mol. The maximum absolute atomic E-state index is 11.8. The van der Waals surface area contributed by atoms with Gasteiger partial charge in [-0.1, -0.05) is 23.7 Å². The highest BCUT2D eigenvalue weighted by atomic mass is 35.5. The van der Waals surface area contributed by atoms with Crippen molar-refractivity contribution < 1.29 is 4.79 Å². The van der Waals surface area contributed by atoms with Gasteiger partial charge in [0.05, 0.1) is 5.69 Å². The summed E-state index contributed by atoms with van der Waals surface area (Å²) >= 11 is 9.38. The Morgan fingerprint density at radius 2 is 2.27 bits per heavy atom. The van der Waals surface area contributed by atoms with E-state index in [4.69, 9.17) is 11.6 Å². The zero-order valence-electron chi connectivity index (χ0n) is 12.5. The van der Waals surface area contributed by atoms with E-state index in [0.29, 0.717) is 24.4 Å². The number of thioether (sulfide) groups is 1. The number of aryl methyl sites for hydroxylation is 1. The predicted octanol–water partition coefficient (Wildman–Crippen LogP) is 3.95. The molecule has 0 saturated carbocycles. The van der Waals surface area contributed by atoms with Gasteiger partial charge in [0.15, 0.2) is 0 Å². The second-order valence-electron chi connectivity index (χ2n) is 4.90. The van der Waals surface area contributed by atoms with Gasteiger partial charge in [0.2, 0.25) is 5.91 Å². The second-order valence-corrected chi connectivity index (χ2v) is 7.14. The van der Waals surface area contributed by atoms with Gasteiger partial charge < -0.3 is 5.32 Å². The number of amides is 1. The number of nitrogens with zero attached hydrogens (tertiary/aromatic N) is 1. The molecule has 1 aromatic heterocycles. The molecule has 118 valence electrons. The van der Waals surface area contributed by atoms with E-state index in [1.807, 2.05) is 24.3 Å². The minimum Gasteiger partial charge on any atom is -0.356 e. The van der Waals surface area contributed by atoms with Crippen LogP contribution in [-0.4, -0.2) is 23.7 Å². The van der Waals surface area contributed by atoms with E-state index in [-0.39, 0.29) is 5.91 Å². The van der Waals surface area contributed by atoms with Crippen LogP contribution in [0.5, 0.6) is 0 Å². The number of carbonyl (C=O) groups is 1. The molecule has 0 aliphatic heterocycles. The first-order valence-electron chi connectivity index (χ1n) is 7.10. The fourth-order valence-electron chi connectivity index (χ4n) is 2.02. The van der Waals surface area contributed by atoms with Crippen molar-refractivity contribution in [2.45, 2.75) is 25.0 Å². The first-order chi connectivity index (χ1) is 10.7. The van der Waals surface area contributed by atoms with Crippen LogP contribution in [0.15, 0.2) is 29.6 Å². The van der Waals surface area contributed by atoms with Crippen molar-refractivity contribution in [2.24, 2.45) is 0 Å². The molecular formula is C16H19ClN2OS2. The lowest BCUT2D eigenvalue weighted by molar-refractivity contribution is -0.121. The fourth-order valence-corrected chi connectivity index (χ4v) is 3.78. The molecule has 3 nitrogen and oxygen atoms in total. The molecule has 1 aromatic carbocycles. The average molecular weight is 355 g/mol. The average Bonchev–Trinajstić information content (AvgIpc) is 2.93.